The molecule has 0 N–H and O–H groups in total. The Labute approximate surface area is 188 Å². The molecule has 168 valence electrons. The minimum atomic E-state index is 0.765. The highest BCUT2D eigenvalue weighted by atomic mass is 14.1. The third-order valence-corrected chi connectivity index (χ3v) is 6.72. The van der Waals surface area contributed by atoms with Crippen LogP contribution in [-0.2, 0) is 6.42 Å². The maximum atomic E-state index is 2.47. The molecule has 0 heteroatoms. The van der Waals surface area contributed by atoms with Crippen LogP contribution in [-0.4, -0.2) is 0 Å². The van der Waals surface area contributed by atoms with Crippen molar-refractivity contribution in [3.63, 3.8) is 0 Å². The van der Waals surface area contributed by atoms with Crippen molar-refractivity contribution in [1.29, 1.82) is 0 Å². The first-order chi connectivity index (χ1) is 14.8. The van der Waals surface area contributed by atoms with E-state index in [0.717, 1.165) is 5.92 Å². The summed E-state index contributed by atoms with van der Waals surface area (Å²) in [6, 6.07) is 9.37. The summed E-state index contributed by atoms with van der Waals surface area (Å²) in [7, 11) is 0. The van der Waals surface area contributed by atoms with Gasteiger partial charge in [-0.3, -0.25) is 0 Å². The minimum Gasteiger partial charge on any atom is -0.0805 e. The van der Waals surface area contributed by atoms with Crippen LogP contribution in [0.2, 0.25) is 0 Å². The molecule has 0 heterocycles. The maximum absolute atomic E-state index is 2.47. The number of allylic oxidation sites excluding steroid dienone is 4. The largest absolute Gasteiger partial charge is 0.0805 e. The fourth-order valence-electron chi connectivity index (χ4n) is 4.61. The summed E-state index contributed by atoms with van der Waals surface area (Å²) in [5, 5.41) is 0. The van der Waals surface area contributed by atoms with Gasteiger partial charge in [0.25, 0.3) is 0 Å². The number of unbranched alkanes of at least 4 members (excludes halogenated alkanes) is 12. The monoisotopic (exact) mass is 408 g/mol. The van der Waals surface area contributed by atoms with Gasteiger partial charge in [0.1, 0.15) is 0 Å². The molecule has 0 aliphatic heterocycles. The molecular weight excluding hydrogens is 360 g/mol. The zero-order valence-corrected chi connectivity index (χ0v) is 20.1. The predicted molar refractivity (Wildman–Crippen MR) is 136 cm³/mol. The molecular formula is C30H48. The van der Waals surface area contributed by atoms with Gasteiger partial charge in [0.05, 0.1) is 0 Å². The molecule has 1 aromatic rings. The Morgan fingerprint density at radius 1 is 0.667 bits per heavy atom. The molecule has 0 bridgehead atoms. The van der Waals surface area contributed by atoms with Crippen LogP contribution in [0.3, 0.4) is 0 Å². The van der Waals surface area contributed by atoms with Gasteiger partial charge < -0.3 is 0 Å². The van der Waals surface area contributed by atoms with E-state index in [0.29, 0.717) is 0 Å². The Hall–Kier alpha value is -1.30. The van der Waals surface area contributed by atoms with E-state index in [9.17, 15) is 0 Å². The highest BCUT2D eigenvalue weighted by molar-refractivity contribution is 5.75. The third kappa shape index (κ3) is 10.6. The van der Waals surface area contributed by atoms with Gasteiger partial charge in [0, 0.05) is 0 Å². The van der Waals surface area contributed by atoms with Crippen LogP contribution in [0.5, 0.6) is 0 Å². The molecule has 0 amide bonds. The van der Waals surface area contributed by atoms with E-state index in [1.807, 2.05) is 0 Å². The average molecular weight is 409 g/mol. The van der Waals surface area contributed by atoms with E-state index < -0.39 is 0 Å². The van der Waals surface area contributed by atoms with Crippen molar-refractivity contribution in [3.05, 3.63) is 53.6 Å². The summed E-state index contributed by atoms with van der Waals surface area (Å²) < 4.78 is 0. The highest BCUT2D eigenvalue weighted by Crippen LogP contribution is 2.27. The number of aryl methyl sites for hydroxylation is 1. The predicted octanol–water partition coefficient (Wildman–Crippen LogP) is 10.1. The van der Waals surface area contributed by atoms with Crippen molar-refractivity contribution < 1.29 is 0 Å². The molecule has 0 nitrogen and oxygen atoms in total. The van der Waals surface area contributed by atoms with Gasteiger partial charge in [-0.1, -0.05) is 140 Å². The van der Waals surface area contributed by atoms with E-state index in [4.69, 9.17) is 0 Å². The molecule has 0 spiro atoms. The lowest BCUT2D eigenvalue weighted by Crippen LogP contribution is -2.00. The van der Waals surface area contributed by atoms with Crippen LogP contribution in [0.15, 0.2) is 42.5 Å². The van der Waals surface area contributed by atoms with Crippen molar-refractivity contribution in [3.8, 4) is 0 Å². The highest BCUT2D eigenvalue weighted by Gasteiger charge is 2.10. The van der Waals surface area contributed by atoms with E-state index in [-0.39, 0.29) is 0 Å². The molecule has 2 rings (SSSR count). The number of rotatable bonds is 17. The van der Waals surface area contributed by atoms with Crippen molar-refractivity contribution >= 4 is 5.57 Å². The van der Waals surface area contributed by atoms with Crippen LogP contribution in [0, 0.1) is 5.92 Å². The lowest BCUT2D eigenvalue weighted by molar-refractivity contribution is 0.514. The van der Waals surface area contributed by atoms with Gasteiger partial charge in [-0.05, 0) is 48.3 Å². The second kappa shape index (κ2) is 16.4. The molecule has 1 atom stereocenters. The van der Waals surface area contributed by atoms with Crippen LogP contribution in [0.1, 0.15) is 128 Å². The third-order valence-electron chi connectivity index (χ3n) is 6.72. The zero-order chi connectivity index (χ0) is 21.3. The van der Waals surface area contributed by atoms with Crippen LogP contribution in [0.25, 0.3) is 5.57 Å². The van der Waals surface area contributed by atoms with Crippen LogP contribution in [0.4, 0.5) is 0 Å². The SMILES string of the molecule is CCCCCCCCCCC1C=CC(c2ccc(CCCCCCCC)cc2)=CC1. The molecule has 1 aliphatic carbocycles. The van der Waals surface area contributed by atoms with Crippen molar-refractivity contribution in [1.82, 2.24) is 0 Å². The molecule has 30 heavy (non-hydrogen) atoms. The molecule has 0 saturated carbocycles. The smallest absolute Gasteiger partial charge is 0.0187 e. The molecule has 0 saturated heterocycles. The first kappa shape index (κ1) is 25.0. The molecule has 0 fully saturated rings. The minimum absolute atomic E-state index is 0.765. The zero-order valence-electron chi connectivity index (χ0n) is 20.1. The summed E-state index contributed by atoms with van der Waals surface area (Å²) >= 11 is 0. The maximum Gasteiger partial charge on any atom is -0.0187 e. The Kier molecular flexibility index (Phi) is 13.6. The standard InChI is InChI=1S/C30H48/c1-3-5-7-9-11-12-14-16-18-28-21-25-30(26-22-28)29-23-19-27(20-24-29)17-15-13-10-8-6-4-2/h19-21,23-26,28H,3-18,22H2,1-2H3. The Bertz CT molecular complexity index is 589. The fraction of sp³-hybridized carbons (Fsp3) is 0.667. The van der Waals surface area contributed by atoms with Gasteiger partial charge in [0.2, 0.25) is 0 Å². The second-order valence-corrected chi connectivity index (χ2v) is 9.49. The fourth-order valence-corrected chi connectivity index (χ4v) is 4.61. The second-order valence-electron chi connectivity index (χ2n) is 9.49. The van der Waals surface area contributed by atoms with Gasteiger partial charge in [0.15, 0.2) is 0 Å². The quantitative estimate of drug-likeness (QED) is 0.225. The first-order valence-corrected chi connectivity index (χ1v) is 13.3. The summed E-state index contributed by atoms with van der Waals surface area (Å²) in [6.07, 6.45) is 30.8. The van der Waals surface area contributed by atoms with Crippen molar-refractivity contribution in [2.24, 2.45) is 5.92 Å². The summed E-state index contributed by atoms with van der Waals surface area (Å²) in [5.74, 6) is 0.765. The van der Waals surface area contributed by atoms with E-state index in [1.165, 1.54) is 126 Å². The lowest BCUT2D eigenvalue weighted by atomic mass is 9.89. The topological polar surface area (TPSA) is 0 Å². The van der Waals surface area contributed by atoms with Crippen molar-refractivity contribution in [2.45, 2.75) is 123 Å². The Morgan fingerprint density at radius 2 is 1.23 bits per heavy atom. The summed E-state index contributed by atoms with van der Waals surface area (Å²) in [5.41, 5.74) is 4.32. The number of hydrogen-bond donors (Lipinski definition) is 0. The van der Waals surface area contributed by atoms with Crippen LogP contribution >= 0.6 is 0 Å². The lowest BCUT2D eigenvalue weighted by Gasteiger charge is -2.16. The Balaban J connectivity index is 1.59. The summed E-state index contributed by atoms with van der Waals surface area (Å²) in [6.45, 7) is 4.58. The van der Waals surface area contributed by atoms with E-state index in [2.05, 4.69) is 56.3 Å². The molecule has 1 aliphatic rings. The molecule has 1 unspecified atom stereocenters. The van der Waals surface area contributed by atoms with E-state index in [1.54, 1.807) is 0 Å². The molecule has 0 aromatic heterocycles. The Morgan fingerprint density at radius 3 is 1.80 bits per heavy atom. The first-order valence-electron chi connectivity index (χ1n) is 13.3. The molecule has 0 radical (unpaired) electrons. The van der Waals surface area contributed by atoms with Gasteiger partial charge in [-0.25, -0.2) is 0 Å². The van der Waals surface area contributed by atoms with Gasteiger partial charge in [-0.2, -0.15) is 0 Å². The molecule has 1 aromatic carbocycles. The average Bonchev–Trinajstić information content (AvgIpc) is 2.79. The number of benzene rings is 1. The number of hydrogen-bond acceptors (Lipinski definition) is 0. The van der Waals surface area contributed by atoms with E-state index >= 15 is 0 Å². The summed E-state index contributed by atoms with van der Waals surface area (Å²) in [4.78, 5) is 0. The van der Waals surface area contributed by atoms with Crippen molar-refractivity contribution in [2.75, 3.05) is 0 Å². The van der Waals surface area contributed by atoms with Gasteiger partial charge >= 0.3 is 0 Å². The van der Waals surface area contributed by atoms with Crippen LogP contribution < -0.4 is 0 Å². The normalized spacial score (nSPS) is 16.1. The van der Waals surface area contributed by atoms with Gasteiger partial charge in [-0.15, -0.1) is 0 Å².